The Morgan fingerprint density at radius 2 is 0.560 bits per heavy atom. The molecule has 4 aliphatic heterocycles. The predicted molar refractivity (Wildman–Crippen MR) is 383 cm³/mol. The average molecular weight is 1270 g/mol. The molecule has 0 bridgehead atoms. The van der Waals surface area contributed by atoms with Gasteiger partial charge in [-0.25, -0.2) is 0 Å². The average Bonchev–Trinajstić information content (AvgIpc) is 0.718. The van der Waals surface area contributed by atoms with Crippen molar-refractivity contribution in [2.75, 3.05) is 41.4 Å². The van der Waals surface area contributed by atoms with Gasteiger partial charge in [-0.15, -0.1) is 0 Å². The smallest absolute Gasteiger partial charge is 0.317 e. The van der Waals surface area contributed by atoms with Gasteiger partial charge in [0.2, 0.25) is 0 Å². The molecule has 10 heteroatoms. The highest BCUT2D eigenvalue weighted by atomic mass is 16.6. The van der Waals surface area contributed by atoms with Crippen LogP contribution in [0.1, 0.15) is 324 Å². The summed E-state index contributed by atoms with van der Waals surface area (Å²) in [5.74, 6) is 1.06. The Morgan fingerprint density at radius 3 is 0.736 bits per heavy atom. The van der Waals surface area contributed by atoms with Gasteiger partial charge in [-0.1, -0.05) is 107 Å². The number of carbonyl (C=O) groups excluding carboxylic acids is 2. The first-order valence-electron chi connectivity index (χ1n) is 35.9. The molecule has 520 valence electrons. The van der Waals surface area contributed by atoms with Crippen molar-refractivity contribution in [3.8, 4) is 11.5 Å². The summed E-state index contributed by atoms with van der Waals surface area (Å²) in [6.07, 6.45) is 12.7. The zero-order valence-electron chi connectivity index (χ0n) is 65.0. The van der Waals surface area contributed by atoms with E-state index in [0.29, 0.717) is 48.0 Å². The summed E-state index contributed by atoms with van der Waals surface area (Å²) in [5, 5.41) is 24.6. The second-order valence-corrected chi connectivity index (χ2v) is 39.6. The van der Waals surface area contributed by atoms with Crippen molar-refractivity contribution in [2.45, 2.75) is 367 Å². The lowest BCUT2D eigenvalue weighted by Gasteiger charge is -2.63. The molecule has 4 aliphatic rings. The maximum absolute atomic E-state index is 13.8. The van der Waals surface area contributed by atoms with Gasteiger partial charge in [0, 0.05) is 55.1 Å². The van der Waals surface area contributed by atoms with Gasteiger partial charge in [0.05, 0.1) is 13.2 Å². The first-order chi connectivity index (χ1) is 40.8. The van der Waals surface area contributed by atoms with E-state index in [1.807, 2.05) is 0 Å². The third-order valence-electron chi connectivity index (χ3n) is 25.5. The van der Waals surface area contributed by atoms with Crippen molar-refractivity contribution in [1.82, 2.24) is 19.6 Å². The number of aromatic hydroxyl groups is 2. The number of hydrogen-bond acceptors (Lipinski definition) is 10. The third kappa shape index (κ3) is 15.8. The zero-order chi connectivity index (χ0) is 69.7. The summed E-state index contributed by atoms with van der Waals surface area (Å²) in [5.41, 5.74) is 4.45. The van der Waals surface area contributed by atoms with Crippen LogP contribution in [0.5, 0.6) is 11.5 Å². The molecule has 4 heterocycles. The molecule has 4 saturated heterocycles. The van der Waals surface area contributed by atoms with Crippen LogP contribution in [-0.2, 0) is 51.6 Å². The lowest BCUT2D eigenvalue weighted by Crippen LogP contribution is -2.65. The quantitative estimate of drug-likeness (QED) is 0.0851. The van der Waals surface area contributed by atoms with E-state index in [1.54, 1.807) is 0 Å². The highest BCUT2D eigenvalue weighted by molar-refractivity contribution is 5.91. The van der Waals surface area contributed by atoms with Crippen LogP contribution < -0.4 is 0 Å². The van der Waals surface area contributed by atoms with Gasteiger partial charge in [0.1, 0.15) is 17.9 Å². The molecule has 2 aromatic carbocycles. The summed E-state index contributed by atoms with van der Waals surface area (Å²) in [6.45, 7) is 66.2. The second-order valence-electron chi connectivity index (χ2n) is 39.6. The summed E-state index contributed by atoms with van der Waals surface area (Å²) in [6, 6.07) is 9.66. The minimum Gasteiger partial charge on any atom is -0.507 e. The number of nitrogens with zero attached hydrogens (tertiary/aromatic N) is 4. The number of phenols is 2. The number of hydrogen-bond donors (Lipinski definition) is 2. The molecular formula is C81H140N4O6. The normalized spacial score (nSPS) is 23.3. The monoisotopic (exact) mass is 1270 g/mol. The van der Waals surface area contributed by atoms with Gasteiger partial charge in [-0.3, -0.25) is 29.2 Å². The number of ether oxygens (including phenoxy) is 2. The van der Waals surface area contributed by atoms with Crippen molar-refractivity contribution in [2.24, 2.45) is 23.7 Å². The molecule has 10 nitrogen and oxygen atoms in total. The molecule has 91 heavy (non-hydrogen) atoms. The SMILES string of the molecule is CN1C(C)(C)CC(C(CCCCOC(=O)CC(=O)OCCCCC(c2cc(C(C)(C)C)c(O)c(C(C)(C)C)c2)(C2CC(C)(C)N(C)C(C)(C)C2)C2CC(C)(C)N(C)C(C)(C)C2)(c2cc(C(C)(C)C)c(O)c(C(C)(C)C)c2)C2CC(C)(C)N(C)C(C)(C)C2)CC1(C)C. The Labute approximate surface area is 559 Å². The zero-order valence-corrected chi connectivity index (χ0v) is 65.0. The molecule has 0 aliphatic carbocycles. The van der Waals surface area contributed by atoms with E-state index in [1.165, 1.54) is 11.1 Å². The summed E-state index contributed by atoms with van der Waals surface area (Å²) in [4.78, 5) is 38.0. The van der Waals surface area contributed by atoms with Crippen molar-refractivity contribution in [3.05, 3.63) is 57.6 Å². The molecule has 0 aromatic heterocycles. The van der Waals surface area contributed by atoms with Crippen LogP contribution in [0.15, 0.2) is 24.3 Å². The molecule has 2 aromatic rings. The van der Waals surface area contributed by atoms with Crippen molar-refractivity contribution in [3.63, 3.8) is 0 Å². The number of esters is 2. The Balaban J connectivity index is 1.28. The number of rotatable bonds is 18. The van der Waals surface area contributed by atoms with E-state index < -0.39 is 18.4 Å². The standard InChI is InChI=1S/C81H140N4O6/c1-68(2,3)60-41-54(42-61(66(60)88)69(4,5)6)80(56-46-72(13,14)82(29)73(15,16)47-56,57-48-74(17,18)83(30)75(19,20)49-57)37-33-35-39-90-64(86)45-65(87)91-40-36-34-38-81(58-50-76(21,22)84(31)77(23,24)51-58,59-52-78(25,26)85(32)79(27,28)53-59)55-43-62(70(7,8)9)67(89)63(44-55)71(10,11)12/h41-44,56-59,88-89H,33-40,45-53H2,1-32H3. The van der Waals surface area contributed by atoms with E-state index in [4.69, 9.17) is 9.47 Å². The van der Waals surface area contributed by atoms with E-state index in [2.05, 4.69) is 266 Å². The van der Waals surface area contributed by atoms with Gasteiger partial charge in [0.25, 0.3) is 0 Å². The molecule has 6 rings (SSSR count). The van der Waals surface area contributed by atoms with Gasteiger partial charge in [-0.2, -0.15) is 0 Å². The predicted octanol–water partition coefficient (Wildman–Crippen LogP) is 18.9. The highest BCUT2D eigenvalue weighted by Crippen LogP contribution is 2.63. The van der Waals surface area contributed by atoms with E-state index >= 15 is 0 Å². The number of piperidine rings is 4. The van der Waals surface area contributed by atoms with Gasteiger partial charge in [-0.05, 0) is 308 Å². The van der Waals surface area contributed by atoms with Crippen LogP contribution in [0.3, 0.4) is 0 Å². The Hall–Kier alpha value is -3.18. The van der Waals surface area contributed by atoms with Gasteiger partial charge in [0.15, 0.2) is 0 Å². The summed E-state index contributed by atoms with van der Waals surface area (Å²) < 4.78 is 12.1. The Bertz CT molecular complexity index is 2470. The first kappa shape index (κ1) is 76.8. The van der Waals surface area contributed by atoms with Crippen molar-refractivity contribution < 1.29 is 29.3 Å². The van der Waals surface area contributed by atoms with Crippen LogP contribution in [0.2, 0.25) is 0 Å². The van der Waals surface area contributed by atoms with Crippen molar-refractivity contribution in [1.29, 1.82) is 0 Å². The van der Waals surface area contributed by atoms with E-state index in [-0.39, 0.29) is 90.0 Å². The fraction of sp³-hybridized carbons (Fsp3) is 0.827. The van der Waals surface area contributed by atoms with Crippen LogP contribution >= 0.6 is 0 Å². The van der Waals surface area contributed by atoms with Crippen LogP contribution in [0.25, 0.3) is 0 Å². The second kappa shape index (κ2) is 25.7. The minimum atomic E-state index is -0.535. The maximum atomic E-state index is 13.8. The third-order valence-corrected chi connectivity index (χ3v) is 25.5. The number of unbranched alkanes of at least 4 members (excludes halogenated alkanes) is 2. The van der Waals surface area contributed by atoms with Crippen LogP contribution in [0, 0.1) is 23.7 Å². The van der Waals surface area contributed by atoms with E-state index in [0.717, 1.165) is 99.3 Å². The summed E-state index contributed by atoms with van der Waals surface area (Å²) in [7, 11) is 9.24. The number of likely N-dealkylation sites (tertiary alicyclic amines) is 4. The summed E-state index contributed by atoms with van der Waals surface area (Å²) >= 11 is 0. The molecule has 0 atom stereocenters. The lowest BCUT2D eigenvalue weighted by molar-refractivity contribution is -0.154. The first-order valence-corrected chi connectivity index (χ1v) is 35.9. The fourth-order valence-electron chi connectivity index (χ4n) is 19.4. The van der Waals surface area contributed by atoms with E-state index in [9.17, 15) is 19.8 Å². The Kier molecular flexibility index (Phi) is 21.7. The van der Waals surface area contributed by atoms with Crippen LogP contribution in [-0.4, -0.2) is 127 Å². The number of carbonyl (C=O) groups is 2. The molecule has 0 amide bonds. The van der Waals surface area contributed by atoms with Crippen molar-refractivity contribution >= 4 is 11.9 Å². The molecule has 2 N–H and O–H groups in total. The van der Waals surface area contributed by atoms with Crippen LogP contribution in [0.4, 0.5) is 0 Å². The lowest BCUT2D eigenvalue weighted by atomic mass is 9.49. The topological polar surface area (TPSA) is 106 Å². The highest BCUT2D eigenvalue weighted by Gasteiger charge is 2.60. The molecule has 0 spiro atoms. The molecule has 0 saturated carbocycles. The Morgan fingerprint density at radius 1 is 0.374 bits per heavy atom. The molecule has 4 fully saturated rings. The van der Waals surface area contributed by atoms with Gasteiger partial charge >= 0.3 is 11.9 Å². The number of benzene rings is 2. The molecule has 0 unspecified atom stereocenters. The fourth-order valence-corrected chi connectivity index (χ4v) is 19.4. The largest absolute Gasteiger partial charge is 0.507 e. The molecule has 0 radical (unpaired) electrons. The van der Waals surface area contributed by atoms with Gasteiger partial charge < -0.3 is 19.7 Å². The maximum Gasteiger partial charge on any atom is 0.317 e. The molecular weight excluding hydrogens is 1120 g/mol. The number of phenolic OH excluding ortho intramolecular Hbond substituents is 2. The minimum absolute atomic E-state index is 0.0665.